The SMILES string of the molecule is C=C(/C(C#N)=C/c1ccccc1Cl)c1ccccc1. The third-order valence-corrected chi connectivity index (χ3v) is 3.12. The first-order chi connectivity index (χ1) is 9.22. The number of nitrogens with zero attached hydrogens (tertiary/aromatic N) is 1. The van der Waals surface area contributed by atoms with Gasteiger partial charge in [-0.3, -0.25) is 0 Å². The van der Waals surface area contributed by atoms with E-state index >= 15 is 0 Å². The smallest absolute Gasteiger partial charge is 0.0998 e. The maximum Gasteiger partial charge on any atom is 0.0998 e. The van der Waals surface area contributed by atoms with Gasteiger partial charge in [0.1, 0.15) is 0 Å². The number of halogens is 1. The monoisotopic (exact) mass is 265 g/mol. The fourth-order valence-electron chi connectivity index (χ4n) is 1.73. The van der Waals surface area contributed by atoms with Crippen molar-refractivity contribution >= 4 is 23.3 Å². The summed E-state index contributed by atoms with van der Waals surface area (Å²) in [4.78, 5) is 0. The van der Waals surface area contributed by atoms with Gasteiger partial charge in [0.15, 0.2) is 0 Å². The van der Waals surface area contributed by atoms with Crippen molar-refractivity contribution in [2.24, 2.45) is 0 Å². The fourth-order valence-corrected chi connectivity index (χ4v) is 1.92. The molecule has 0 saturated heterocycles. The van der Waals surface area contributed by atoms with Crippen LogP contribution in [0.2, 0.25) is 5.02 Å². The highest BCUT2D eigenvalue weighted by Crippen LogP contribution is 2.25. The topological polar surface area (TPSA) is 23.8 Å². The van der Waals surface area contributed by atoms with Crippen molar-refractivity contribution in [3.63, 3.8) is 0 Å². The summed E-state index contributed by atoms with van der Waals surface area (Å²) in [6.45, 7) is 3.99. The number of rotatable bonds is 3. The van der Waals surface area contributed by atoms with E-state index in [-0.39, 0.29) is 0 Å². The molecule has 92 valence electrons. The lowest BCUT2D eigenvalue weighted by Gasteiger charge is -2.05. The first-order valence-electron chi connectivity index (χ1n) is 5.83. The second-order valence-electron chi connectivity index (χ2n) is 4.04. The Balaban J connectivity index is 2.39. The van der Waals surface area contributed by atoms with E-state index in [1.807, 2.05) is 48.5 Å². The molecular weight excluding hydrogens is 254 g/mol. The Labute approximate surface area is 118 Å². The van der Waals surface area contributed by atoms with Crippen molar-refractivity contribution in [2.45, 2.75) is 0 Å². The van der Waals surface area contributed by atoms with Gasteiger partial charge in [0.2, 0.25) is 0 Å². The van der Waals surface area contributed by atoms with E-state index in [0.717, 1.165) is 11.1 Å². The molecule has 0 atom stereocenters. The molecule has 0 saturated carbocycles. The van der Waals surface area contributed by atoms with Crippen molar-refractivity contribution in [1.29, 1.82) is 5.26 Å². The van der Waals surface area contributed by atoms with E-state index in [9.17, 15) is 5.26 Å². The fraction of sp³-hybridized carbons (Fsp3) is 0. The summed E-state index contributed by atoms with van der Waals surface area (Å²) >= 11 is 6.09. The number of benzene rings is 2. The van der Waals surface area contributed by atoms with Crippen LogP contribution in [0, 0.1) is 11.3 Å². The Morgan fingerprint density at radius 3 is 2.32 bits per heavy atom. The highest BCUT2D eigenvalue weighted by atomic mass is 35.5. The number of allylic oxidation sites excluding steroid dienone is 2. The van der Waals surface area contributed by atoms with Crippen LogP contribution in [0.5, 0.6) is 0 Å². The molecule has 0 bridgehead atoms. The molecule has 1 nitrogen and oxygen atoms in total. The second kappa shape index (κ2) is 6.04. The van der Waals surface area contributed by atoms with E-state index in [1.165, 1.54) is 0 Å². The largest absolute Gasteiger partial charge is 0.192 e. The summed E-state index contributed by atoms with van der Waals surface area (Å²) in [7, 11) is 0. The summed E-state index contributed by atoms with van der Waals surface area (Å²) in [5.41, 5.74) is 2.96. The number of nitriles is 1. The molecule has 0 unspecified atom stereocenters. The molecule has 0 aromatic heterocycles. The first-order valence-corrected chi connectivity index (χ1v) is 6.21. The van der Waals surface area contributed by atoms with Crippen LogP contribution in [-0.4, -0.2) is 0 Å². The first kappa shape index (κ1) is 13.1. The maximum atomic E-state index is 9.29. The van der Waals surface area contributed by atoms with Crippen LogP contribution >= 0.6 is 11.6 Å². The van der Waals surface area contributed by atoms with Gasteiger partial charge in [-0.25, -0.2) is 0 Å². The lowest BCUT2D eigenvalue weighted by atomic mass is 9.98. The van der Waals surface area contributed by atoms with E-state index in [1.54, 1.807) is 12.1 Å². The molecule has 0 spiro atoms. The third kappa shape index (κ3) is 3.13. The maximum absolute atomic E-state index is 9.29. The van der Waals surface area contributed by atoms with Crippen molar-refractivity contribution < 1.29 is 0 Å². The molecule has 0 amide bonds. The number of hydrogen-bond acceptors (Lipinski definition) is 1. The van der Waals surface area contributed by atoms with Crippen LogP contribution in [0.1, 0.15) is 11.1 Å². The van der Waals surface area contributed by atoms with Gasteiger partial charge in [0.05, 0.1) is 11.6 Å². The highest BCUT2D eigenvalue weighted by molar-refractivity contribution is 6.32. The summed E-state index contributed by atoms with van der Waals surface area (Å²) in [5.74, 6) is 0. The lowest BCUT2D eigenvalue weighted by Crippen LogP contribution is -1.87. The molecule has 0 radical (unpaired) electrons. The highest BCUT2D eigenvalue weighted by Gasteiger charge is 2.06. The summed E-state index contributed by atoms with van der Waals surface area (Å²) < 4.78 is 0. The van der Waals surface area contributed by atoms with Crippen molar-refractivity contribution in [1.82, 2.24) is 0 Å². The summed E-state index contributed by atoms with van der Waals surface area (Å²) in [6.07, 6.45) is 1.76. The van der Waals surface area contributed by atoms with E-state index in [4.69, 9.17) is 11.6 Å². The molecule has 2 heteroatoms. The Hall–Kier alpha value is -2.30. The Kier molecular flexibility index (Phi) is 4.18. The Morgan fingerprint density at radius 1 is 1.05 bits per heavy atom. The van der Waals surface area contributed by atoms with Gasteiger partial charge in [0, 0.05) is 5.02 Å². The van der Waals surface area contributed by atoms with Gasteiger partial charge < -0.3 is 0 Å². The zero-order chi connectivity index (χ0) is 13.7. The molecule has 19 heavy (non-hydrogen) atoms. The van der Waals surface area contributed by atoms with Gasteiger partial charge in [0.25, 0.3) is 0 Å². The standard InChI is InChI=1S/C17H12ClN/c1-13(14-7-3-2-4-8-14)16(12-19)11-15-9-5-6-10-17(15)18/h2-11H,1H2/b16-11+. The van der Waals surface area contributed by atoms with Gasteiger partial charge in [-0.15, -0.1) is 0 Å². The molecule has 0 N–H and O–H groups in total. The predicted molar refractivity (Wildman–Crippen MR) is 80.5 cm³/mol. The zero-order valence-corrected chi connectivity index (χ0v) is 11.1. The van der Waals surface area contributed by atoms with Gasteiger partial charge in [-0.1, -0.05) is 66.7 Å². The minimum atomic E-state index is 0.513. The van der Waals surface area contributed by atoms with E-state index < -0.39 is 0 Å². The molecule has 0 aliphatic rings. The minimum absolute atomic E-state index is 0.513. The third-order valence-electron chi connectivity index (χ3n) is 2.77. The quantitative estimate of drug-likeness (QED) is 0.568. The van der Waals surface area contributed by atoms with Crippen LogP contribution in [0.3, 0.4) is 0 Å². The Morgan fingerprint density at radius 2 is 1.68 bits per heavy atom. The van der Waals surface area contributed by atoms with Crippen molar-refractivity contribution in [2.75, 3.05) is 0 Å². The molecule has 2 rings (SSSR count). The molecule has 2 aromatic rings. The number of hydrogen-bond donors (Lipinski definition) is 0. The van der Waals surface area contributed by atoms with Crippen LogP contribution in [-0.2, 0) is 0 Å². The van der Waals surface area contributed by atoms with Gasteiger partial charge in [-0.2, -0.15) is 5.26 Å². The second-order valence-corrected chi connectivity index (χ2v) is 4.44. The van der Waals surface area contributed by atoms with Crippen LogP contribution in [0.15, 0.2) is 66.7 Å². The molecular formula is C17H12ClN. The summed E-state index contributed by atoms with van der Waals surface area (Å²) in [6, 6.07) is 19.2. The average molecular weight is 266 g/mol. The predicted octanol–water partition coefficient (Wildman–Crippen LogP) is 4.96. The van der Waals surface area contributed by atoms with Gasteiger partial charge in [-0.05, 0) is 28.8 Å². The zero-order valence-electron chi connectivity index (χ0n) is 10.3. The average Bonchev–Trinajstić information content (AvgIpc) is 2.47. The molecule has 0 fully saturated rings. The summed E-state index contributed by atoms with van der Waals surface area (Å²) in [5, 5.41) is 9.91. The van der Waals surface area contributed by atoms with Crippen molar-refractivity contribution in [3.8, 4) is 6.07 Å². The lowest BCUT2D eigenvalue weighted by molar-refractivity contribution is 1.50. The Bertz CT molecular complexity index is 663. The van der Waals surface area contributed by atoms with Crippen LogP contribution < -0.4 is 0 Å². The molecule has 0 heterocycles. The van der Waals surface area contributed by atoms with Crippen LogP contribution in [0.25, 0.3) is 11.6 Å². The van der Waals surface area contributed by atoms with Crippen LogP contribution in [0.4, 0.5) is 0 Å². The van der Waals surface area contributed by atoms with E-state index in [2.05, 4.69) is 12.6 Å². The van der Waals surface area contributed by atoms with Gasteiger partial charge >= 0.3 is 0 Å². The van der Waals surface area contributed by atoms with Crippen molar-refractivity contribution in [3.05, 3.63) is 82.9 Å². The molecule has 0 aliphatic carbocycles. The minimum Gasteiger partial charge on any atom is -0.192 e. The van der Waals surface area contributed by atoms with E-state index in [0.29, 0.717) is 16.2 Å². The molecule has 2 aromatic carbocycles. The normalized spacial score (nSPS) is 10.8. The molecule has 0 aliphatic heterocycles.